The van der Waals surface area contributed by atoms with E-state index in [1.807, 2.05) is 18.0 Å². The maximum absolute atomic E-state index is 9.31. The summed E-state index contributed by atoms with van der Waals surface area (Å²) in [5.74, 6) is 1.16. The molecule has 3 unspecified atom stereocenters. The molecule has 1 N–H and O–H groups in total. The van der Waals surface area contributed by atoms with Crippen LogP contribution >= 0.6 is 11.9 Å². The van der Waals surface area contributed by atoms with Crippen molar-refractivity contribution in [2.24, 2.45) is 0 Å². The van der Waals surface area contributed by atoms with Crippen LogP contribution in [0.3, 0.4) is 0 Å². The fourth-order valence-corrected chi connectivity index (χ4v) is 3.32. The van der Waals surface area contributed by atoms with Gasteiger partial charge in [-0.1, -0.05) is 55.6 Å². The van der Waals surface area contributed by atoms with Gasteiger partial charge in [0.1, 0.15) is 0 Å². The van der Waals surface area contributed by atoms with Crippen LogP contribution in [0.5, 0.6) is 0 Å². The second-order valence-electron chi connectivity index (χ2n) is 4.15. The Morgan fingerprint density at radius 2 is 2.06 bits per heavy atom. The normalized spacial score (nSPS) is 28.0. The molecule has 3 heteroatoms. The van der Waals surface area contributed by atoms with Gasteiger partial charge in [-0.15, -0.1) is 0 Å². The molecule has 0 saturated carbocycles. The average Bonchev–Trinajstić information content (AvgIpc) is 3.04. The summed E-state index contributed by atoms with van der Waals surface area (Å²) < 4.78 is 2.32. The molecular weight excluding hydrogens is 218 g/mol. The quantitative estimate of drug-likeness (QED) is 0.467. The van der Waals surface area contributed by atoms with Crippen LogP contribution in [0.1, 0.15) is 31.4 Å². The van der Waals surface area contributed by atoms with Gasteiger partial charge in [0.15, 0.2) is 0 Å². The number of benzene rings is 1. The van der Waals surface area contributed by atoms with E-state index in [1.165, 1.54) is 18.4 Å². The summed E-state index contributed by atoms with van der Waals surface area (Å²) in [5, 5.41) is 9.31. The van der Waals surface area contributed by atoms with Crippen LogP contribution < -0.4 is 0 Å². The van der Waals surface area contributed by atoms with Crippen molar-refractivity contribution in [2.75, 3.05) is 12.4 Å². The number of hydrogen-bond acceptors (Lipinski definition) is 3. The highest BCUT2D eigenvalue weighted by atomic mass is 32.2. The molecule has 88 valence electrons. The summed E-state index contributed by atoms with van der Waals surface area (Å²) >= 11 is 1.88. The molecule has 1 saturated heterocycles. The molecule has 0 aliphatic carbocycles. The standard InChI is InChI=1S/C13H19NOS/c1-2-3-9-16-14-12(10-15)13(14)11-7-5-4-6-8-11/h4-8,12-13,15H,2-3,9-10H2,1H3. The molecule has 3 atom stereocenters. The molecule has 16 heavy (non-hydrogen) atoms. The van der Waals surface area contributed by atoms with Gasteiger partial charge in [-0.2, -0.15) is 0 Å². The third-order valence-corrected chi connectivity index (χ3v) is 4.21. The topological polar surface area (TPSA) is 23.2 Å². The van der Waals surface area contributed by atoms with Crippen molar-refractivity contribution >= 4 is 11.9 Å². The van der Waals surface area contributed by atoms with Gasteiger partial charge in [-0.3, -0.25) is 0 Å². The van der Waals surface area contributed by atoms with Crippen LogP contribution in [0.2, 0.25) is 0 Å². The highest BCUT2D eigenvalue weighted by Crippen LogP contribution is 2.48. The molecule has 0 amide bonds. The molecule has 2 nitrogen and oxygen atoms in total. The van der Waals surface area contributed by atoms with Crippen molar-refractivity contribution in [1.29, 1.82) is 0 Å². The Morgan fingerprint density at radius 3 is 2.69 bits per heavy atom. The number of unbranched alkanes of at least 4 members (excludes halogenated alkanes) is 1. The van der Waals surface area contributed by atoms with Crippen molar-refractivity contribution in [3.8, 4) is 0 Å². The zero-order chi connectivity index (χ0) is 11.4. The third kappa shape index (κ3) is 2.59. The van der Waals surface area contributed by atoms with Gasteiger partial charge >= 0.3 is 0 Å². The molecule has 0 bridgehead atoms. The zero-order valence-corrected chi connectivity index (χ0v) is 10.5. The maximum Gasteiger partial charge on any atom is 0.0647 e. The van der Waals surface area contributed by atoms with Crippen molar-refractivity contribution < 1.29 is 5.11 Å². The first-order valence-corrected chi connectivity index (χ1v) is 6.89. The monoisotopic (exact) mass is 237 g/mol. The minimum Gasteiger partial charge on any atom is -0.395 e. The summed E-state index contributed by atoms with van der Waals surface area (Å²) in [5.41, 5.74) is 1.32. The second-order valence-corrected chi connectivity index (χ2v) is 5.24. The molecule has 2 rings (SSSR count). The van der Waals surface area contributed by atoms with Crippen LogP contribution in [-0.2, 0) is 0 Å². The van der Waals surface area contributed by atoms with E-state index in [-0.39, 0.29) is 6.61 Å². The van der Waals surface area contributed by atoms with E-state index in [4.69, 9.17) is 0 Å². The summed E-state index contributed by atoms with van der Waals surface area (Å²) in [6.45, 7) is 2.47. The molecule has 0 aromatic heterocycles. The first-order chi connectivity index (χ1) is 7.88. The van der Waals surface area contributed by atoms with Gasteiger partial charge in [0.25, 0.3) is 0 Å². The SMILES string of the molecule is CCCCSN1C(CO)C1c1ccccc1. The summed E-state index contributed by atoms with van der Waals surface area (Å²) in [6, 6.07) is 11.2. The first-order valence-electron chi connectivity index (χ1n) is 5.95. The fourth-order valence-electron chi connectivity index (χ4n) is 1.95. The second kappa shape index (κ2) is 5.71. The van der Waals surface area contributed by atoms with E-state index < -0.39 is 0 Å². The Bertz CT molecular complexity index is 317. The molecule has 0 radical (unpaired) electrons. The van der Waals surface area contributed by atoms with Gasteiger partial charge in [0, 0.05) is 5.75 Å². The van der Waals surface area contributed by atoms with E-state index in [9.17, 15) is 5.11 Å². The Hall–Kier alpha value is -0.510. The number of hydrogen-bond donors (Lipinski definition) is 1. The van der Waals surface area contributed by atoms with Gasteiger partial charge in [-0.25, -0.2) is 4.31 Å². The lowest BCUT2D eigenvalue weighted by atomic mass is 10.1. The van der Waals surface area contributed by atoms with Crippen LogP contribution in [0.4, 0.5) is 0 Å². The average molecular weight is 237 g/mol. The fraction of sp³-hybridized carbons (Fsp3) is 0.538. The molecule has 1 aromatic carbocycles. The van der Waals surface area contributed by atoms with Crippen molar-refractivity contribution in [3.05, 3.63) is 35.9 Å². The van der Waals surface area contributed by atoms with Gasteiger partial charge in [0.05, 0.1) is 18.7 Å². The Labute approximate surface area is 102 Å². The largest absolute Gasteiger partial charge is 0.395 e. The van der Waals surface area contributed by atoms with E-state index in [0.717, 1.165) is 5.75 Å². The number of rotatable bonds is 6. The molecular formula is C13H19NOS. The van der Waals surface area contributed by atoms with Crippen molar-refractivity contribution in [3.63, 3.8) is 0 Å². The number of aliphatic hydroxyl groups excluding tert-OH is 1. The van der Waals surface area contributed by atoms with E-state index in [2.05, 4.69) is 35.5 Å². The lowest BCUT2D eigenvalue weighted by Gasteiger charge is -2.02. The third-order valence-electron chi connectivity index (χ3n) is 2.94. The zero-order valence-electron chi connectivity index (χ0n) is 9.67. The molecule has 1 aliphatic heterocycles. The van der Waals surface area contributed by atoms with E-state index in [1.54, 1.807) is 0 Å². The highest BCUT2D eigenvalue weighted by Gasteiger charge is 2.48. The van der Waals surface area contributed by atoms with Gasteiger partial charge in [0.2, 0.25) is 0 Å². The lowest BCUT2D eigenvalue weighted by Crippen LogP contribution is -1.98. The minimum atomic E-state index is 0.263. The Morgan fingerprint density at radius 1 is 1.31 bits per heavy atom. The van der Waals surface area contributed by atoms with Gasteiger partial charge in [-0.05, 0) is 12.0 Å². The van der Waals surface area contributed by atoms with E-state index in [0.29, 0.717) is 12.1 Å². The minimum absolute atomic E-state index is 0.263. The van der Waals surface area contributed by atoms with Gasteiger partial charge < -0.3 is 5.11 Å². The van der Waals surface area contributed by atoms with Crippen LogP contribution in [0, 0.1) is 0 Å². The lowest BCUT2D eigenvalue weighted by molar-refractivity contribution is 0.288. The maximum atomic E-state index is 9.31. The predicted molar refractivity (Wildman–Crippen MR) is 69.3 cm³/mol. The Kier molecular flexibility index (Phi) is 4.27. The van der Waals surface area contributed by atoms with Crippen LogP contribution in [0.15, 0.2) is 30.3 Å². The number of nitrogens with zero attached hydrogens (tertiary/aromatic N) is 1. The highest BCUT2D eigenvalue weighted by molar-refractivity contribution is 7.97. The molecule has 1 fully saturated rings. The summed E-state index contributed by atoms with van der Waals surface area (Å²) in [7, 11) is 0. The van der Waals surface area contributed by atoms with E-state index >= 15 is 0 Å². The molecule has 1 aromatic rings. The van der Waals surface area contributed by atoms with Crippen molar-refractivity contribution in [2.45, 2.75) is 31.8 Å². The molecule has 0 spiro atoms. The smallest absolute Gasteiger partial charge is 0.0647 e. The predicted octanol–water partition coefficient (Wildman–Crippen LogP) is 2.85. The summed E-state index contributed by atoms with van der Waals surface area (Å²) in [4.78, 5) is 0. The first kappa shape index (κ1) is 12.0. The molecule has 1 heterocycles. The van der Waals surface area contributed by atoms with Crippen molar-refractivity contribution in [1.82, 2.24) is 4.31 Å². The summed E-state index contributed by atoms with van der Waals surface area (Å²) in [6.07, 6.45) is 2.49. The van der Waals surface area contributed by atoms with Crippen LogP contribution in [-0.4, -0.2) is 27.8 Å². The number of aliphatic hydroxyl groups is 1. The Balaban J connectivity index is 1.91. The van der Waals surface area contributed by atoms with Crippen LogP contribution in [0.25, 0.3) is 0 Å². The molecule has 1 aliphatic rings.